The molecule has 0 saturated carbocycles. The van der Waals surface area contributed by atoms with Gasteiger partial charge in [-0.25, -0.2) is 13.4 Å². The second-order valence-corrected chi connectivity index (χ2v) is 12.3. The van der Waals surface area contributed by atoms with Gasteiger partial charge in [0.2, 0.25) is 5.91 Å². The summed E-state index contributed by atoms with van der Waals surface area (Å²) in [5.74, 6) is -0.244. The van der Waals surface area contributed by atoms with E-state index in [0.717, 1.165) is 15.3 Å². The molecule has 3 aromatic heterocycles. The van der Waals surface area contributed by atoms with E-state index in [9.17, 15) is 18.0 Å². The van der Waals surface area contributed by atoms with Crippen molar-refractivity contribution in [2.75, 3.05) is 11.5 Å². The van der Waals surface area contributed by atoms with E-state index in [1.165, 1.54) is 33.6 Å². The van der Waals surface area contributed by atoms with Crippen molar-refractivity contribution in [2.24, 2.45) is 0 Å². The quantitative estimate of drug-likeness (QED) is 0.406. The molecule has 4 aromatic rings. The molecule has 0 bridgehead atoms. The second-order valence-electron chi connectivity index (χ2n) is 8.03. The van der Waals surface area contributed by atoms with Crippen molar-refractivity contribution in [1.29, 1.82) is 0 Å². The fourth-order valence-corrected chi connectivity index (χ4v) is 7.55. The van der Waals surface area contributed by atoms with Crippen LogP contribution in [0.25, 0.3) is 20.7 Å². The van der Waals surface area contributed by atoms with Crippen LogP contribution in [0.15, 0.2) is 65.0 Å². The average Bonchev–Trinajstić information content (AvgIpc) is 3.54. The maximum absolute atomic E-state index is 13.3. The summed E-state index contributed by atoms with van der Waals surface area (Å²) in [6, 6.07) is 15.1. The number of amides is 1. The third-order valence-electron chi connectivity index (χ3n) is 5.74. The standard InChI is InChI=1S/C23H21N3O4S3/c27-21(26(12-18-7-4-9-31-18)17-8-10-33(29,30)14-17)13-25-15-24-19-11-20(32-22(19)23(25)28)16-5-2-1-3-6-16/h1-7,9,11,15,17H,8,10,12-14H2. The summed E-state index contributed by atoms with van der Waals surface area (Å²) in [5.41, 5.74) is 1.34. The number of nitrogens with zero attached hydrogens (tertiary/aromatic N) is 3. The van der Waals surface area contributed by atoms with Crippen LogP contribution in [0.5, 0.6) is 0 Å². The molecule has 0 N–H and O–H groups in total. The molecule has 10 heteroatoms. The maximum atomic E-state index is 13.3. The molecule has 5 rings (SSSR count). The molecule has 1 atom stereocenters. The second kappa shape index (κ2) is 8.85. The first-order valence-electron chi connectivity index (χ1n) is 10.5. The Bertz CT molecular complexity index is 1460. The van der Waals surface area contributed by atoms with Crippen molar-refractivity contribution in [1.82, 2.24) is 14.5 Å². The third-order valence-corrected chi connectivity index (χ3v) is 9.52. The molecule has 0 radical (unpaired) electrons. The van der Waals surface area contributed by atoms with Gasteiger partial charge in [0.25, 0.3) is 5.56 Å². The van der Waals surface area contributed by atoms with E-state index >= 15 is 0 Å². The lowest BCUT2D eigenvalue weighted by Gasteiger charge is -2.28. The number of benzene rings is 1. The van der Waals surface area contributed by atoms with E-state index in [0.29, 0.717) is 23.2 Å². The normalized spacial score (nSPS) is 17.4. The Morgan fingerprint density at radius 2 is 2.00 bits per heavy atom. The van der Waals surface area contributed by atoms with Crippen molar-refractivity contribution in [3.05, 3.63) is 75.5 Å². The number of hydrogen-bond acceptors (Lipinski definition) is 7. The Balaban J connectivity index is 1.43. The van der Waals surface area contributed by atoms with E-state index in [1.54, 1.807) is 4.90 Å². The van der Waals surface area contributed by atoms with Crippen LogP contribution in [0.1, 0.15) is 11.3 Å². The summed E-state index contributed by atoms with van der Waals surface area (Å²) in [5, 5.41) is 1.92. The zero-order valence-corrected chi connectivity index (χ0v) is 20.0. The summed E-state index contributed by atoms with van der Waals surface area (Å²) >= 11 is 2.87. The van der Waals surface area contributed by atoms with Crippen molar-refractivity contribution >= 4 is 48.6 Å². The first-order chi connectivity index (χ1) is 15.9. The Hall–Kier alpha value is -2.82. The monoisotopic (exact) mass is 499 g/mol. The number of carbonyl (C=O) groups is 1. The van der Waals surface area contributed by atoms with E-state index in [2.05, 4.69) is 4.98 Å². The van der Waals surface area contributed by atoms with Crippen molar-refractivity contribution in [3.63, 3.8) is 0 Å². The third kappa shape index (κ3) is 4.64. The zero-order chi connectivity index (χ0) is 23.0. The van der Waals surface area contributed by atoms with Crippen LogP contribution in [-0.4, -0.2) is 46.3 Å². The van der Waals surface area contributed by atoms with Crippen LogP contribution in [0.2, 0.25) is 0 Å². The van der Waals surface area contributed by atoms with Crippen LogP contribution in [0.4, 0.5) is 0 Å². The molecular weight excluding hydrogens is 478 g/mol. The Labute approximate surface area is 198 Å². The molecule has 0 spiro atoms. The van der Waals surface area contributed by atoms with Gasteiger partial charge >= 0.3 is 0 Å². The predicted octanol–water partition coefficient (Wildman–Crippen LogP) is 3.40. The Morgan fingerprint density at radius 3 is 2.70 bits per heavy atom. The minimum absolute atomic E-state index is 0.0400. The predicted molar refractivity (Wildman–Crippen MR) is 131 cm³/mol. The highest BCUT2D eigenvalue weighted by molar-refractivity contribution is 7.91. The van der Waals surface area contributed by atoms with Crippen LogP contribution in [0, 0.1) is 0 Å². The van der Waals surface area contributed by atoms with Gasteiger partial charge in [0.1, 0.15) is 11.2 Å². The molecule has 1 aliphatic rings. The number of sulfone groups is 1. The SMILES string of the molecule is O=C(Cn1cnc2cc(-c3ccccc3)sc2c1=O)N(Cc1cccs1)C1CCS(=O)(=O)C1. The first kappa shape index (κ1) is 22.0. The lowest BCUT2D eigenvalue weighted by atomic mass is 10.2. The Kier molecular flexibility index (Phi) is 5.90. The number of carbonyl (C=O) groups excluding carboxylic acids is 1. The van der Waals surface area contributed by atoms with Gasteiger partial charge in [0.05, 0.1) is 29.9 Å². The number of rotatable bonds is 6. The highest BCUT2D eigenvalue weighted by Crippen LogP contribution is 2.30. The number of hydrogen-bond donors (Lipinski definition) is 0. The Morgan fingerprint density at radius 1 is 1.18 bits per heavy atom. The van der Waals surface area contributed by atoms with Crippen molar-refractivity contribution < 1.29 is 13.2 Å². The summed E-state index contributed by atoms with van der Waals surface area (Å²) in [6.07, 6.45) is 1.82. The number of thiophene rings is 2. The van der Waals surface area contributed by atoms with E-state index in [1.807, 2.05) is 53.9 Å². The van der Waals surface area contributed by atoms with Crippen LogP contribution >= 0.6 is 22.7 Å². The summed E-state index contributed by atoms with van der Waals surface area (Å²) in [6.45, 7) is 0.153. The topological polar surface area (TPSA) is 89.3 Å². The molecule has 1 aromatic carbocycles. The molecule has 1 saturated heterocycles. The van der Waals surface area contributed by atoms with Gasteiger partial charge in [0, 0.05) is 15.8 Å². The van der Waals surface area contributed by atoms with Crippen molar-refractivity contribution in [3.8, 4) is 10.4 Å². The van der Waals surface area contributed by atoms with Crippen LogP contribution < -0.4 is 5.56 Å². The minimum Gasteiger partial charge on any atom is -0.332 e. The lowest BCUT2D eigenvalue weighted by molar-refractivity contribution is -0.134. The van der Waals surface area contributed by atoms with Gasteiger partial charge in [-0.05, 0) is 29.5 Å². The number of aromatic nitrogens is 2. The van der Waals surface area contributed by atoms with Gasteiger partial charge in [-0.1, -0.05) is 36.4 Å². The van der Waals surface area contributed by atoms with Gasteiger partial charge in [0.15, 0.2) is 9.84 Å². The highest BCUT2D eigenvalue weighted by atomic mass is 32.2. The average molecular weight is 500 g/mol. The van der Waals surface area contributed by atoms with E-state index < -0.39 is 9.84 Å². The molecule has 7 nitrogen and oxygen atoms in total. The van der Waals surface area contributed by atoms with Gasteiger partial charge in [-0.15, -0.1) is 22.7 Å². The molecule has 1 fully saturated rings. The van der Waals surface area contributed by atoms with E-state index in [4.69, 9.17) is 0 Å². The zero-order valence-electron chi connectivity index (χ0n) is 17.6. The number of fused-ring (bicyclic) bond motifs is 1. The molecule has 170 valence electrons. The molecule has 0 aliphatic carbocycles. The fourth-order valence-electron chi connectivity index (χ4n) is 4.05. The molecule has 1 unspecified atom stereocenters. The smallest absolute Gasteiger partial charge is 0.271 e. The van der Waals surface area contributed by atoms with Gasteiger partial charge in [-0.3, -0.25) is 14.2 Å². The summed E-state index contributed by atoms with van der Waals surface area (Å²) in [4.78, 5) is 34.4. The molecule has 33 heavy (non-hydrogen) atoms. The molecule has 1 aliphatic heterocycles. The molecular formula is C23H21N3O4S3. The highest BCUT2D eigenvalue weighted by Gasteiger charge is 2.35. The lowest BCUT2D eigenvalue weighted by Crippen LogP contribution is -2.43. The minimum atomic E-state index is -3.16. The fraction of sp³-hybridized carbons (Fsp3) is 0.261. The summed E-state index contributed by atoms with van der Waals surface area (Å²) in [7, 11) is -3.16. The van der Waals surface area contributed by atoms with Crippen LogP contribution in [-0.2, 0) is 27.7 Å². The maximum Gasteiger partial charge on any atom is 0.271 e. The van der Waals surface area contributed by atoms with Crippen molar-refractivity contribution in [2.45, 2.75) is 25.6 Å². The van der Waals surface area contributed by atoms with Gasteiger partial charge < -0.3 is 4.90 Å². The van der Waals surface area contributed by atoms with Crippen LogP contribution in [0.3, 0.4) is 0 Å². The first-order valence-corrected chi connectivity index (χ1v) is 14.0. The molecule has 4 heterocycles. The largest absolute Gasteiger partial charge is 0.332 e. The van der Waals surface area contributed by atoms with Gasteiger partial charge in [-0.2, -0.15) is 0 Å². The van der Waals surface area contributed by atoms with E-state index in [-0.39, 0.29) is 35.6 Å². The molecule has 1 amide bonds. The summed E-state index contributed by atoms with van der Waals surface area (Å²) < 4.78 is 25.9.